The maximum atomic E-state index is 12.5. The van der Waals surface area contributed by atoms with E-state index in [2.05, 4.69) is 40.7 Å². The molecular weight excluding hydrogens is 364 g/mol. The summed E-state index contributed by atoms with van der Waals surface area (Å²) in [4.78, 5) is 15.4. The number of nitrogens with zero attached hydrogens (tertiary/aromatic N) is 4. The Hall–Kier alpha value is -2.12. The normalized spacial score (nSPS) is 10.9. The van der Waals surface area contributed by atoms with Gasteiger partial charge in [0.15, 0.2) is 11.0 Å². The first kappa shape index (κ1) is 18.7. The molecule has 1 aromatic carbocycles. The molecule has 3 rings (SSSR count). The highest BCUT2D eigenvalue weighted by Crippen LogP contribution is 2.27. The minimum Gasteiger partial charge on any atom is -0.341 e. The zero-order chi connectivity index (χ0) is 18.5. The first-order valence-corrected chi connectivity index (χ1v) is 10.3. The number of carbonyl (C=O) groups excluding carboxylic acids is 1. The van der Waals surface area contributed by atoms with Gasteiger partial charge in [0.05, 0.1) is 10.6 Å². The largest absolute Gasteiger partial charge is 0.341 e. The molecule has 0 aliphatic rings. The fraction of sp³-hybridized carbons (Fsp3) is 0.316. The van der Waals surface area contributed by atoms with Crippen LogP contribution in [0.15, 0.2) is 46.9 Å². The predicted octanol–water partition coefficient (Wildman–Crippen LogP) is 4.09. The van der Waals surface area contributed by atoms with Gasteiger partial charge in [-0.25, -0.2) is 0 Å². The van der Waals surface area contributed by atoms with Crippen LogP contribution >= 0.6 is 23.1 Å². The molecule has 1 amide bonds. The van der Waals surface area contributed by atoms with Gasteiger partial charge in [0.2, 0.25) is 5.91 Å². The van der Waals surface area contributed by atoms with E-state index in [1.807, 2.05) is 36.7 Å². The van der Waals surface area contributed by atoms with Gasteiger partial charge < -0.3 is 9.47 Å². The van der Waals surface area contributed by atoms with Crippen molar-refractivity contribution in [3.63, 3.8) is 0 Å². The van der Waals surface area contributed by atoms with Crippen LogP contribution < -0.4 is 0 Å². The van der Waals surface area contributed by atoms with Crippen LogP contribution in [0, 0.1) is 6.92 Å². The Bertz CT molecular complexity index is 874. The van der Waals surface area contributed by atoms with E-state index in [-0.39, 0.29) is 5.91 Å². The molecule has 0 unspecified atom stereocenters. The predicted molar refractivity (Wildman–Crippen MR) is 107 cm³/mol. The minimum absolute atomic E-state index is 0.0848. The van der Waals surface area contributed by atoms with Crippen LogP contribution in [-0.4, -0.2) is 38.4 Å². The molecule has 7 heteroatoms. The summed E-state index contributed by atoms with van der Waals surface area (Å²) in [6, 6.07) is 12.2. The molecule has 0 aliphatic heterocycles. The zero-order valence-corrected chi connectivity index (χ0v) is 16.8. The lowest BCUT2D eigenvalue weighted by molar-refractivity contribution is -0.127. The number of hydrogen-bond acceptors (Lipinski definition) is 5. The van der Waals surface area contributed by atoms with Crippen molar-refractivity contribution < 1.29 is 4.79 Å². The second-order valence-electron chi connectivity index (χ2n) is 5.99. The number of hydrogen-bond donors (Lipinski definition) is 0. The topological polar surface area (TPSA) is 51.0 Å². The number of thioether (sulfide) groups is 1. The molecule has 0 spiro atoms. The van der Waals surface area contributed by atoms with Crippen molar-refractivity contribution in [2.45, 2.75) is 32.1 Å². The summed E-state index contributed by atoms with van der Waals surface area (Å²) in [7, 11) is 1.84. The van der Waals surface area contributed by atoms with Crippen molar-refractivity contribution in [1.29, 1.82) is 0 Å². The maximum absolute atomic E-state index is 12.5. The highest BCUT2D eigenvalue weighted by Gasteiger charge is 2.17. The van der Waals surface area contributed by atoms with Crippen LogP contribution in [0.25, 0.3) is 10.7 Å². The molecule has 0 saturated carbocycles. The highest BCUT2D eigenvalue weighted by atomic mass is 32.2. The number of amides is 1. The Morgan fingerprint density at radius 1 is 1.23 bits per heavy atom. The van der Waals surface area contributed by atoms with E-state index in [1.54, 1.807) is 16.2 Å². The molecule has 136 valence electrons. The number of aromatic nitrogens is 3. The average Bonchev–Trinajstić information content (AvgIpc) is 3.30. The lowest BCUT2D eigenvalue weighted by Gasteiger charge is -2.18. The number of carbonyl (C=O) groups is 1. The molecule has 5 nitrogen and oxygen atoms in total. The number of rotatable bonds is 7. The summed E-state index contributed by atoms with van der Waals surface area (Å²) in [6.07, 6.45) is 0. The zero-order valence-electron chi connectivity index (χ0n) is 15.2. The summed E-state index contributed by atoms with van der Waals surface area (Å²) in [5, 5.41) is 11.4. The van der Waals surface area contributed by atoms with Gasteiger partial charge >= 0.3 is 0 Å². The molecule has 0 N–H and O–H groups in total. The van der Waals surface area contributed by atoms with Crippen LogP contribution in [0.4, 0.5) is 0 Å². The summed E-state index contributed by atoms with van der Waals surface area (Å²) in [5.74, 6) is 1.30. The van der Waals surface area contributed by atoms with Gasteiger partial charge in [-0.3, -0.25) is 4.79 Å². The van der Waals surface area contributed by atoms with E-state index in [0.29, 0.717) is 12.3 Å². The van der Waals surface area contributed by atoms with Crippen LogP contribution in [0.2, 0.25) is 0 Å². The minimum atomic E-state index is 0.0848. The molecule has 2 heterocycles. The molecular formula is C19H22N4OS2. The van der Waals surface area contributed by atoms with E-state index >= 15 is 0 Å². The molecule has 2 aromatic heterocycles. The van der Waals surface area contributed by atoms with Crippen LogP contribution in [0.1, 0.15) is 18.1 Å². The van der Waals surface area contributed by atoms with Crippen LogP contribution in [0.5, 0.6) is 0 Å². The smallest absolute Gasteiger partial charge is 0.233 e. The Morgan fingerprint density at radius 3 is 2.73 bits per heavy atom. The van der Waals surface area contributed by atoms with E-state index in [4.69, 9.17) is 0 Å². The van der Waals surface area contributed by atoms with E-state index in [1.165, 1.54) is 22.9 Å². The summed E-state index contributed by atoms with van der Waals surface area (Å²) in [5.41, 5.74) is 2.37. The molecule has 0 saturated heterocycles. The molecule has 0 atom stereocenters. The quantitative estimate of drug-likeness (QED) is 0.574. The van der Waals surface area contributed by atoms with Gasteiger partial charge in [0.1, 0.15) is 0 Å². The Morgan fingerprint density at radius 2 is 2.04 bits per heavy atom. The maximum Gasteiger partial charge on any atom is 0.233 e. The summed E-state index contributed by atoms with van der Waals surface area (Å²) in [6.45, 7) is 5.53. The molecule has 0 radical (unpaired) electrons. The second kappa shape index (κ2) is 8.51. The van der Waals surface area contributed by atoms with Crippen molar-refractivity contribution in [2.24, 2.45) is 0 Å². The molecule has 0 bridgehead atoms. The third-order valence-electron chi connectivity index (χ3n) is 4.19. The summed E-state index contributed by atoms with van der Waals surface area (Å²) < 4.78 is 2.06. The van der Waals surface area contributed by atoms with E-state index in [0.717, 1.165) is 22.4 Å². The number of aryl methyl sites for hydroxylation is 1. The lowest BCUT2D eigenvalue weighted by Crippen LogP contribution is -2.28. The fourth-order valence-corrected chi connectivity index (χ4v) is 4.30. The third kappa shape index (κ3) is 4.16. The van der Waals surface area contributed by atoms with Crippen molar-refractivity contribution in [2.75, 3.05) is 12.8 Å². The van der Waals surface area contributed by atoms with Crippen LogP contribution in [-0.2, 0) is 17.9 Å². The molecule has 0 fully saturated rings. The van der Waals surface area contributed by atoms with Gasteiger partial charge in [-0.1, -0.05) is 42.1 Å². The third-order valence-corrected chi connectivity index (χ3v) is 6.01. The first-order chi connectivity index (χ1) is 12.6. The Balaban J connectivity index is 1.63. The monoisotopic (exact) mass is 386 g/mol. The van der Waals surface area contributed by atoms with Crippen molar-refractivity contribution in [3.05, 3.63) is 52.9 Å². The van der Waals surface area contributed by atoms with E-state index in [9.17, 15) is 4.79 Å². The Labute approximate surface area is 162 Å². The number of benzene rings is 1. The lowest BCUT2D eigenvalue weighted by atomic mass is 10.1. The molecule has 3 aromatic rings. The van der Waals surface area contributed by atoms with Crippen molar-refractivity contribution >= 4 is 29.0 Å². The second-order valence-corrected chi connectivity index (χ2v) is 7.88. The average molecular weight is 387 g/mol. The number of thiophene rings is 1. The molecule has 0 aliphatic carbocycles. The van der Waals surface area contributed by atoms with Gasteiger partial charge in [-0.05, 0) is 36.4 Å². The molecule has 26 heavy (non-hydrogen) atoms. The van der Waals surface area contributed by atoms with Crippen molar-refractivity contribution in [3.8, 4) is 10.7 Å². The van der Waals surface area contributed by atoms with Gasteiger partial charge in [-0.2, -0.15) is 0 Å². The van der Waals surface area contributed by atoms with Gasteiger partial charge in [0.25, 0.3) is 0 Å². The Kier molecular flexibility index (Phi) is 6.11. The highest BCUT2D eigenvalue weighted by molar-refractivity contribution is 7.99. The van der Waals surface area contributed by atoms with Crippen molar-refractivity contribution in [1.82, 2.24) is 19.7 Å². The first-order valence-electron chi connectivity index (χ1n) is 8.48. The van der Waals surface area contributed by atoms with Gasteiger partial charge in [0, 0.05) is 20.1 Å². The summed E-state index contributed by atoms with van der Waals surface area (Å²) >= 11 is 3.09. The fourth-order valence-electron chi connectivity index (χ4n) is 2.64. The van der Waals surface area contributed by atoms with E-state index < -0.39 is 0 Å². The van der Waals surface area contributed by atoms with Gasteiger partial charge in [-0.15, -0.1) is 21.5 Å². The van der Waals surface area contributed by atoms with Crippen LogP contribution in [0.3, 0.4) is 0 Å². The SMILES string of the molecule is CCn1c(SCC(=O)N(C)Cc2ccccc2C)nnc1-c1cccs1. The standard InChI is InChI=1S/C19H22N4OS2/c1-4-23-18(16-10-7-11-25-16)20-21-19(23)26-13-17(24)22(3)12-15-9-6-5-8-14(15)2/h5-11H,4,12-13H2,1-3H3.